The first kappa shape index (κ1) is 15.8. The molecule has 4 aromatic rings. The quantitative estimate of drug-likeness (QED) is 0.589. The number of amides is 1. The molecule has 7 heteroatoms. The third kappa shape index (κ3) is 3.10. The van der Waals surface area contributed by atoms with E-state index in [4.69, 9.17) is 10.2 Å². The predicted molar refractivity (Wildman–Crippen MR) is 97.1 cm³/mol. The molecule has 0 saturated carbocycles. The Balaban J connectivity index is 1.57. The number of nitrogens with zero attached hydrogens (tertiary/aromatic N) is 3. The van der Waals surface area contributed by atoms with Crippen LogP contribution in [-0.4, -0.2) is 20.9 Å². The number of para-hydroxylation sites is 1. The summed E-state index contributed by atoms with van der Waals surface area (Å²) in [6.07, 6.45) is 3.26. The molecule has 3 heterocycles. The minimum atomic E-state index is -0.347. The first-order valence-corrected chi connectivity index (χ1v) is 8.00. The second kappa shape index (κ2) is 6.64. The van der Waals surface area contributed by atoms with Gasteiger partial charge in [0.25, 0.3) is 5.91 Å². The van der Waals surface area contributed by atoms with E-state index in [0.717, 1.165) is 16.5 Å². The third-order valence-corrected chi connectivity index (χ3v) is 3.91. The van der Waals surface area contributed by atoms with Gasteiger partial charge in [0.15, 0.2) is 5.76 Å². The number of anilines is 1. The molecule has 0 saturated heterocycles. The number of fused-ring (bicyclic) bond motifs is 1. The van der Waals surface area contributed by atoms with Gasteiger partial charge in [0, 0.05) is 18.1 Å². The van der Waals surface area contributed by atoms with Crippen molar-refractivity contribution in [1.29, 1.82) is 0 Å². The normalized spacial score (nSPS) is 10.8. The monoisotopic (exact) mass is 345 g/mol. The maximum Gasteiger partial charge on any atom is 0.270 e. The lowest BCUT2D eigenvalue weighted by atomic mass is 10.1. The van der Waals surface area contributed by atoms with Gasteiger partial charge in [-0.05, 0) is 29.8 Å². The van der Waals surface area contributed by atoms with E-state index >= 15 is 0 Å². The van der Waals surface area contributed by atoms with Gasteiger partial charge in [-0.25, -0.2) is 9.97 Å². The molecule has 0 atom stereocenters. The molecular formula is C19H15N5O2. The molecular weight excluding hydrogens is 330 g/mol. The standard InChI is InChI=1S/C19H15N5O2/c20-19-23-14(16-7-3-9-26-16)10-15(24-19)18(25)22-11-13-5-1-4-12-6-2-8-21-17(12)13/h1-10H,11H2,(H,22,25)(H2,20,23,24). The van der Waals surface area contributed by atoms with Gasteiger partial charge < -0.3 is 15.5 Å². The van der Waals surface area contributed by atoms with Crippen LogP contribution >= 0.6 is 0 Å². The fraction of sp³-hybridized carbons (Fsp3) is 0.0526. The van der Waals surface area contributed by atoms with Crippen LogP contribution in [0.25, 0.3) is 22.4 Å². The predicted octanol–water partition coefficient (Wildman–Crippen LogP) is 2.80. The van der Waals surface area contributed by atoms with Gasteiger partial charge in [-0.2, -0.15) is 0 Å². The smallest absolute Gasteiger partial charge is 0.270 e. The Morgan fingerprint density at radius 2 is 2.00 bits per heavy atom. The number of hydrogen-bond donors (Lipinski definition) is 2. The van der Waals surface area contributed by atoms with Crippen molar-refractivity contribution >= 4 is 22.8 Å². The summed E-state index contributed by atoms with van der Waals surface area (Å²) in [6.45, 7) is 0.327. The summed E-state index contributed by atoms with van der Waals surface area (Å²) in [6, 6.07) is 14.7. The highest BCUT2D eigenvalue weighted by Gasteiger charge is 2.13. The lowest BCUT2D eigenvalue weighted by molar-refractivity contribution is 0.0946. The Hall–Kier alpha value is -3.74. The van der Waals surface area contributed by atoms with Gasteiger partial charge in [0.05, 0.1) is 11.8 Å². The van der Waals surface area contributed by atoms with Crippen molar-refractivity contribution < 1.29 is 9.21 Å². The zero-order chi connectivity index (χ0) is 17.9. The lowest BCUT2D eigenvalue weighted by Crippen LogP contribution is -2.24. The number of furan rings is 1. The topological polar surface area (TPSA) is 107 Å². The van der Waals surface area contributed by atoms with E-state index in [-0.39, 0.29) is 17.5 Å². The van der Waals surface area contributed by atoms with Crippen LogP contribution in [0.3, 0.4) is 0 Å². The number of nitrogens with two attached hydrogens (primary N) is 1. The summed E-state index contributed by atoms with van der Waals surface area (Å²) in [7, 11) is 0. The largest absolute Gasteiger partial charge is 0.463 e. The van der Waals surface area contributed by atoms with Crippen LogP contribution in [0.2, 0.25) is 0 Å². The number of hydrogen-bond acceptors (Lipinski definition) is 6. The summed E-state index contributed by atoms with van der Waals surface area (Å²) in [5, 5.41) is 3.87. The number of nitrogens with one attached hydrogen (secondary N) is 1. The molecule has 0 spiro atoms. The van der Waals surface area contributed by atoms with Gasteiger partial charge in [-0.3, -0.25) is 9.78 Å². The van der Waals surface area contributed by atoms with Crippen LogP contribution in [0.15, 0.2) is 65.4 Å². The number of aromatic nitrogens is 3. The molecule has 0 fully saturated rings. The summed E-state index contributed by atoms with van der Waals surface area (Å²) < 4.78 is 5.30. The van der Waals surface area contributed by atoms with Gasteiger partial charge in [0.2, 0.25) is 5.95 Å². The molecule has 1 aromatic carbocycles. The molecule has 1 amide bonds. The van der Waals surface area contributed by atoms with Crippen molar-refractivity contribution in [3.63, 3.8) is 0 Å². The Kier molecular flexibility index (Phi) is 4.03. The van der Waals surface area contributed by atoms with Crippen molar-refractivity contribution in [3.8, 4) is 11.5 Å². The van der Waals surface area contributed by atoms with Crippen LogP contribution in [0, 0.1) is 0 Å². The molecule has 0 aliphatic rings. The molecule has 0 aliphatic heterocycles. The SMILES string of the molecule is Nc1nc(C(=O)NCc2cccc3cccnc23)cc(-c2ccco2)n1. The maximum atomic E-state index is 12.5. The number of pyridine rings is 1. The minimum absolute atomic E-state index is 0.0101. The van der Waals surface area contributed by atoms with E-state index in [1.54, 1.807) is 24.4 Å². The van der Waals surface area contributed by atoms with Gasteiger partial charge in [-0.15, -0.1) is 0 Å². The average Bonchev–Trinajstić information content (AvgIpc) is 3.20. The number of benzene rings is 1. The van der Waals surface area contributed by atoms with Crippen LogP contribution in [0.4, 0.5) is 5.95 Å². The van der Waals surface area contributed by atoms with Crippen LogP contribution in [0.5, 0.6) is 0 Å². The Morgan fingerprint density at radius 1 is 1.12 bits per heavy atom. The molecule has 3 N–H and O–H groups in total. The van der Waals surface area contributed by atoms with E-state index in [9.17, 15) is 4.79 Å². The molecule has 7 nitrogen and oxygen atoms in total. The molecule has 3 aromatic heterocycles. The van der Waals surface area contributed by atoms with Crippen LogP contribution < -0.4 is 11.1 Å². The van der Waals surface area contributed by atoms with Gasteiger partial charge >= 0.3 is 0 Å². The Morgan fingerprint density at radius 3 is 2.85 bits per heavy atom. The molecule has 26 heavy (non-hydrogen) atoms. The minimum Gasteiger partial charge on any atom is -0.463 e. The lowest BCUT2D eigenvalue weighted by Gasteiger charge is -2.08. The fourth-order valence-electron chi connectivity index (χ4n) is 2.71. The number of rotatable bonds is 4. The highest BCUT2D eigenvalue weighted by molar-refractivity contribution is 5.93. The first-order chi connectivity index (χ1) is 12.7. The summed E-state index contributed by atoms with van der Waals surface area (Å²) in [4.78, 5) is 25.0. The molecule has 0 radical (unpaired) electrons. The van der Waals surface area contributed by atoms with Crippen molar-refractivity contribution in [2.24, 2.45) is 0 Å². The molecule has 0 aliphatic carbocycles. The number of carbonyl (C=O) groups excluding carboxylic acids is 1. The van der Waals surface area contributed by atoms with Crippen molar-refractivity contribution in [1.82, 2.24) is 20.3 Å². The highest BCUT2D eigenvalue weighted by atomic mass is 16.3. The highest BCUT2D eigenvalue weighted by Crippen LogP contribution is 2.19. The van der Waals surface area contributed by atoms with E-state index in [0.29, 0.717) is 18.0 Å². The summed E-state index contributed by atoms with van der Waals surface area (Å²) in [5.41, 5.74) is 8.14. The van der Waals surface area contributed by atoms with Crippen molar-refractivity contribution in [2.45, 2.75) is 6.54 Å². The second-order valence-electron chi connectivity index (χ2n) is 5.65. The van der Waals surface area contributed by atoms with Gasteiger partial charge in [-0.1, -0.05) is 24.3 Å². The molecule has 0 bridgehead atoms. The van der Waals surface area contributed by atoms with E-state index < -0.39 is 0 Å². The third-order valence-electron chi connectivity index (χ3n) is 3.91. The molecule has 4 rings (SSSR count). The summed E-state index contributed by atoms with van der Waals surface area (Å²) >= 11 is 0. The van der Waals surface area contributed by atoms with Crippen LogP contribution in [-0.2, 0) is 6.54 Å². The fourth-order valence-corrected chi connectivity index (χ4v) is 2.71. The van der Waals surface area contributed by atoms with E-state index in [1.165, 1.54) is 6.26 Å². The Bertz CT molecular complexity index is 1070. The maximum absolute atomic E-state index is 12.5. The molecule has 128 valence electrons. The van der Waals surface area contributed by atoms with Crippen molar-refractivity contribution in [2.75, 3.05) is 5.73 Å². The number of carbonyl (C=O) groups is 1. The second-order valence-corrected chi connectivity index (χ2v) is 5.65. The zero-order valence-electron chi connectivity index (χ0n) is 13.7. The summed E-state index contributed by atoms with van der Waals surface area (Å²) in [5.74, 6) is 0.183. The average molecular weight is 345 g/mol. The van der Waals surface area contributed by atoms with E-state index in [2.05, 4.69) is 20.3 Å². The number of nitrogen functional groups attached to an aromatic ring is 1. The zero-order valence-corrected chi connectivity index (χ0v) is 13.7. The first-order valence-electron chi connectivity index (χ1n) is 8.00. The van der Waals surface area contributed by atoms with Crippen molar-refractivity contribution in [3.05, 3.63) is 72.2 Å². The van der Waals surface area contributed by atoms with Crippen LogP contribution in [0.1, 0.15) is 16.1 Å². The van der Waals surface area contributed by atoms with Gasteiger partial charge in [0.1, 0.15) is 11.4 Å². The Labute approximate surface area is 148 Å². The van der Waals surface area contributed by atoms with E-state index in [1.807, 2.05) is 30.3 Å². The molecule has 0 unspecified atom stereocenters.